The first-order valence-corrected chi connectivity index (χ1v) is 11.2. The predicted octanol–water partition coefficient (Wildman–Crippen LogP) is 4.66. The fourth-order valence-electron chi connectivity index (χ4n) is 3.17. The van der Waals surface area contributed by atoms with Crippen LogP contribution in [0.25, 0.3) is 11.6 Å². The molecule has 33 heavy (non-hydrogen) atoms. The first-order valence-electron chi connectivity index (χ1n) is 10.4. The molecule has 2 amide bonds. The highest BCUT2D eigenvalue weighted by Gasteiger charge is 2.22. The Hall–Kier alpha value is -3.85. The Labute approximate surface area is 195 Å². The summed E-state index contributed by atoms with van der Waals surface area (Å²) in [4.78, 5) is 24.0. The van der Waals surface area contributed by atoms with Crippen LogP contribution in [0.3, 0.4) is 0 Å². The van der Waals surface area contributed by atoms with Crippen LogP contribution in [0.2, 0.25) is 0 Å². The van der Waals surface area contributed by atoms with Gasteiger partial charge in [0.15, 0.2) is 10.9 Å². The third-order valence-corrected chi connectivity index (χ3v) is 5.85. The molecule has 0 aliphatic heterocycles. The van der Waals surface area contributed by atoms with Crippen LogP contribution in [0.15, 0.2) is 82.6 Å². The van der Waals surface area contributed by atoms with E-state index in [9.17, 15) is 9.59 Å². The van der Waals surface area contributed by atoms with Gasteiger partial charge in [0.25, 0.3) is 0 Å². The lowest BCUT2D eigenvalue weighted by Gasteiger charge is -2.14. The van der Waals surface area contributed by atoms with Crippen LogP contribution < -0.4 is 10.6 Å². The van der Waals surface area contributed by atoms with Crippen molar-refractivity contribution in [2.45, 2.75) is 30.8 Å². The Balaban J connectivity index is 1.49. The van der Waals surface area contributed by atoms with Gasteiger partial charge in [-0.05, 0) is 48.9 Å². The number of rotatable bonds is 8. The summed E-state index contributed by atoms with van der Waals surface area (Å²) in [5.74, 6) is 0.903. The van der Waals surface area contributed by atoms with Crippen molar-refractivity contribution in [3.8, 4) is 11.6 Å². The summed E-state index contributed by atoms with van der Waals surface area (Å²) >= 11 is 1.33. The van der Waals surface area contributed by atoms with Gasteiger partial charge in [-0.1, -0.05) is 42.1 Å². The number of carbonyl (C=O) groups excluding carboxylic acids is 2. The highest BCUT2D eigenvalue weighted by molar-refractivity contribution is 8.00. The Bertz CT molecular complexity index is 1220. The standard InChI is InChI=1S/C24H23N5O3S/c1-16(23(31)26-20-12-10-19(11-13-20)25-17(2)30)33-24-28-27-22(21-9-6-14-32-21)29(24)15-18-7-4-3-5-8-18/h3-14,16H,15H2,1-2H3,(H,25,30)(H,26,31)/t16-/m1/s1. The van der Waals surface area contributed by atoms with Gasteiger partial charge in [0.2, 0.25) is 17.6 Å². The molecule has 0 unspecified atom stereocenters. The van der Waals surface area contributed by atoms with Gasteiger partial charge in [0.1, 0.15) is 0 Å². The molecule has 4 aromatic rings. The van der Waals surface area contributed by atoms with Gasteiger partial charge in [-0.15, -0.1) is 10.2 Å². The zero-order valence-corrected chi connectivity index (χ0v) is 19.0. The number of hydrogen-bond acceptors (Lipinski definition) is 6. The number of carbonyl (C=O) groups is 2. The minimum absolute atomic E-state index is 0.148. The second-order valence-electron chi connectivity index (χ2n) is 7.36. The number of nitrogens with zero attached hydrogens (tertiary/aromatic N) is 3. The minimum atomic E-state index is -0.428. The fraction of sp³-hybridized carbons (Fsp3) is 0.167. The van der Waals surface area contributed by atoms with Gasteiger partial charge in [-0.3, -0.25) is 14.2 Å². The van der Waals surface area contributed by atoms with E-state index in [0.29, 0.717) is 34.7 Å². The first-order chi connectivity index (χ1) is 16.0. The monoisotopic (exact) mass is 461 g/mol. The summed E-state index contributed by atoms with van der Waals surface area (Å²) < 4.78 is 7.49. The number of furan rings is 1. The SMILES string of the molecule is CC(=O)Nc1ccc(NC(=O)[C@@H](C)Sc2nnc(-c3ccco3)n2Cc2ccccc2)cc1. The van der Waals surface area contributed by atoms with Gasteiger partial charge in [-0.2, -0.15) is 0 Å². The van der Waals surface area contributed by atoms with E-state index in [2.05, 4.69) is 20.8 Å². The van der Waals surface area contributed by atoms with Crippen LogP contribution >= 0.6 is 11.8 Å². The maximum Gasteiger partial charge on any atom is 0.237 e. The van der Waals surface area contributed by atoms with Gasteiger partial charge >= 0.3 is 0 Å². The average molecular weight is 462 g/mol. The average Bonchev–Trinajstić information content (AvgIpc) is 3.46. The smallest absolute Gasteiger partial charge is 0.237 e. The number of amides is 2. The summed E-state index contributed by atoms with van der Waals surface area (Å²) in [5.41, 5.74) is 2.40. The minimum Gasteiger partial charge on any atom is -0.461 e. The van der Waals surface area contributed by atoms with Crippen molar-refractivity contribution < 1.29 is 14.0 Å². The van der Waals surface area contributed by atoms with Crippen LogP contribution in [0, 0.1) is 0 Å². The maximum absolute atomic E-state index is 12.8. The van der Waals surface area contributed by atoms with Crippen LogP contribution in [-0.2, 0) is 16.1 Å². The van der Waals surface area contributed by atoms with Crippen LogP contribution in [0.1, 0.15) is 19.4 Å². The zero-order valence-electron chi connectivity index (χ0n) is 18.2. The van der Waals surface area contributed by atoms with E-state index in [-0.39, 0.29) is 11.8 Å². The van der Waals surface area contributed by atoms with Crippen molar-refractivity contribution in [3.05, 3.63) is 78.6 Å². The molecule has 1 atom stereocenters. The Kier molecular flexibility index (Phi) is 6.89. The van der Waals surface area contributed by atoms with Gasteiger partial charge < -0.3 is 15.1 Å². The summed E-state index contributed by atoms with van der Waals surface area (Å²) in [6.45, 7) is 3.81. The Morgan fingerprint density at radius 2 is 1.67 bits per heavy atom. The molecule has 0 bridgehead atoms. The quantitative estimate of drug-likeness (QED) is 0.370. The lowest BCUT2D eigenvalue weighted by Crippen LogP contribution is -2.23. The summed E-state index contributed by atoms with van der Waals surface area (Å²) in [7, 11) is 0. The topological polar surface area (TPSA) is 102 Å². The largest absolute Gasteiger partial charge is 0.461 e. The molecule has 0 aliphatic rings. The molecule has 2 aromatic carbocycles. The molecule has 9 heteroatoms. The molecule has 0 fully saturated rings. The number of benzene rings is 2. The number of anilines is 2. The predicted molar refractivity (Wildman–Crippen MR) is 128 cm³/mol. The molecule has 0 radical (unpaired) electrons. The highest BCUT2D eigenvalue weighted by atomic mass is 32.2. The number of thioether (sulfide) groups is 1. The third-order valence-electron chi connectivity index (χ3n) is 4.77. The molecule has 4 rings (SSSR count). The lowest BCUT2D eigenvalue weighted by molar-refractivity contribution is -0.115. The van der Waals surface area contributed by atoms with E-state index >= 15 is 0 Å². The molecule has 168 valence electrons. The fourth-order valence-corrected chi connectivity index (χ4v) is 4.02. The Morgan fingerprint density at radius 3 is 2.30 bits per heavy atom. The van der Waals surface area contributed by atoms with E-state index in [4.69, 9.17) is 4.42 Å². The van der Waals surface area contributed by atoms with Crippen LogP contribution in [-0.4, -0.2) is 31.8 Å². The van der Waals surface area contributed by atoms with E-state index in [1.807, 2.05) is 47.9 Å². The maximum atomic E-state index is 12.8. The molecular formula is C24H23N5O3S. The first kappa shape index (κ1) is 22.3. The summed E-state index contributed by atoms with van der Waals surface area (Å²) in [5, 5.41) is 14.4. The van der Waals surface area contributed by atoms with Crippen LogP contribution in [0.5, 0.6) is 0 Å². The second-order valence-corrected chi connectivity index (χ2v) is 8.67. The number of aromatic nitrogens is 3. The molecular weight excluding hydrogens is 438 g/mol. The molecule has 0 saturated carbocycles. The molecule has 0 spiro atoms. The van der Waals surface area contributed by atoms with Gasteiger partial charge in [-0.25, -0.2) is 0 Å². The van der Waals surface area contributed by atoms with E-state index in [1.165, 1.54) is 18.7 Å². The molecule has 2 heterocycles. The molecule has 2 N–H and O–H groups in total. The van der Waals surface area contributed by atoms with Crippen molar-refractivity contribution in [1.82, 2.24) is 14.8 Å². The summed E-state index contributed by atoms with van der Waals surface area (Å²) in [6, 6.07) is 20.6. The van der Waals surface area contributed by atoms with Crippen molar-refractivity contribution in [2.24, 2.45) is 0 Å². The van der Waals surface area contributed by atoms with Gasteiger partial charge in [0.05, 0.1) is 18.1 Å². The zero-order chi connectivity index (χ0) is 23.2. The van der Waals surface area contributed by atoms with E-state index in [1.54, 1.807) is 36.6 Å². The van der Waals surface area contributed by atoms with E-state index < -0.39 is 5.25 Å². The highest BCUT2D eigenvalue weighted by Crippen LogP contribution is 2.28. The molecule has 2 aromatic heterocycles. The molecule has 0 saturated heterocycles. The number of hydrogen-bond donors (Lipinski definition) is 2. The van der Waals surface area contributed by atoms with Crippen molar-refractivity contribution in [3.63, 3.8) is 0 Å². The van der Waals surface area contributed by atoms with Crippen LogP contribution in [0.4, 0.5) is 11.4 Å². The normalized spacial score (nSPS) is 11.7. The second kappa shape index (κ2) is 10.2. The van der Waals surface area contributed by atoms with Crippen molar-refractivity contribution in [2.75, 3.05) is 10.6 Å². The summed E-state index contributed by atoms with van der Waals surface area (Å²) in [6.07, 6.45) is 1.59. The third kappa shape index (κ3) is 5.69. The molecule has 0 aliphatic carbocycles. The van der Waals surface area contributed by atoms with E-state index in [0.717, 1.165) is 5.56 Å². The molecule has 8 nitrogen and oxygen atoms in total. The van der Waals surface area contributed by atoms with Gasteiger partial charge in [0, 0.05) is 18.3 Å². The lowest BCUT2D eigenvalue weighted by atomic mass is 10.2. The Morgan fingerprint density at radius 1 is 0.970 bits per heavy atom. The van der Waals surface area contributed by atoms with Crippen molar-refractivity contribution >= 4 is 35.0 Å². The number of nitrogens with one attached hydrogen (secondary N) is 2. The van der Waals surface area contributed by atoms with Crippen molar-refractivity contribution in [1.29, 1.82) is 0 Å².